The lowest BCUT2D eigenvalue weighted by Crippen LogP contribution is -2.56. The van der Waals surface area contributed by atoms with Crippen LogP contribution in [0.1, 0.15) is 40.5 Å². The highest BCUT2D eigenvalue weighted by Gasteiger charge is 2.36. The van der Waals surface area contributed by atoms with E-state index in [1.165, 1.54) is 4.90 Å². The maximum atomic E-state index is 12.7. The SMILES string of the molecule is CCC[C@@H](OC(=O)NC(C)(C)C)C(=O)N1CC(F)C1. The minimum Gasteiger partial charge on any atom is -0.436 e. The molecule has 6 heteroatoms. The van der Waals surface area contributed by atoms with Gasteiger partial charge in [-0.25, -0.2) is 9.18 Å². The molecule has 1 heterocycles. The van der Waals surface area contributed by atoms with Crippen LogP contribution in [0.15, 0.2) is 0 Å². The number of hydrogen-bond donors (Lipinski definition) is 1. The molecule has 0 aromatic rings. The third-order valence-corrected chi connectivity index (χ3v) is 2.70. The molecule has 1 aliphatic heterocycles. The third kappa shape index (κ3) is 5.04. The Bertz CT molecular complexity index is 335. The number of alkyl halides is 1. The molecule has 0 radical (unpaired) electrons. The lowest BCUT2D eigenvalue weighted by atomic mass is 10.1. The molecule has 1 N–H and O–H groups in total. The maximum Gasteiger partial charge on any atom is 0.408 e. The van der Waals surface area contributed by atoms with Crippen LogP contribution in [-0.4, -0.2) is 47.8 Å². The van der Waals surface area contributed by atoms with Gasteiger partial charge in [-0.05, 0) is 27.2 Å². The predicted octanol–water partition coefficient (Wildman–Crippen LogP) is 1.86. The Hall–Kier alpha value is -1.33. The van der Waals surface area contributed by atoms with Crippen molar-refractivity contribution in [1.29, 1.82) is 0 Å². The van der Waals surface area contributed by atoms with Crippen LogP contribution >= 0.6 is 0 Å². The summed E-state index contributed by atoms with van der Waals surface area (Å²) in [5, 5.41) is 2.64. The molecule has 5 nitrogen and oxygen atoms in total. The number of alkyl carbamates (subject to hydrolysis) is 1. The van der Waals surface area contributed by atoms with Crippen LogP contribution in [0.5, 0.6) is 0 Å². The number of rotatable bonds is 4. The minimum absolute atomic E-state index is 0.100. The Morgan fingerprint density at radius 3 is 2.42 bits per heavy atom. The third-order valence-electron chi connectivity index (χ3n) is 2.70. The first kappa shape index (κ1) is 15.7. The number of ether oxygens (including phenoxy) is 1. The molecule has 19 heavy (non-hydrogen) atoms. The number of amides is 2. The van der Waals surface area contributed by atoms with Gasteiger partial charge in [0, 0.05) is 5.54 Å². The monoisotopic (exact) mass is 274 g/mol. The summed E-state index contributed by atoms with van der Waals surface area (Å²) in [6, 6.07) is 0. The van der Waals surface area contributed by atoms with Crippen LogP contribution in [0.2, 0.25) is 0 Å². The Morgan fingerprint density at radius 2 is 2.00 bits per heavy atom. The summed E-state index contributed by atoms with van der Waals surface area (Å²) in [7, 11) is 0. The van der Waals surface area contributed by atoms with E-state index in [9.17, 15) is 14.0 Å². The topological polar surface area (TPSA) is 58.6 Å². The highest BCUT2D eigenvalue weighted by molar-refractivity contribution is 5.84. The molecule has 0 aromatic carbocycles. The fourth-order valence-corrected chi connectivity index (χ4v) is 1.77. The van der Waals surface area contributed by atoms with Crippen molar-refractivity contribution in [2.45, 2.75) is 58.4 Å². The van der Waals surface area contributed by atoms with Crippen molar-refractivity contribution in [1.82, 2.24) is 10.2 Å². The maximum absolute atomic E-state index is 12.7. The van der Waals surface area contributed by atoms with Crippen molar-refractivity contribution < 1.29 is 18.7 Å². The number of carbonyl (C=O) groups is 2. The zero-order chi connectivity index (χ0) is 14.6. The molecule has 0 aromatic heterocycles. The van der Waals surface area contributed by atoms with Crippen molar-refractivity contribution in [3.63, 3.8) is 0 Å². The minimum atomic E-state index is -0.949. The van der Waals surface area contributed by atoms with Gasteiger partial charge in [0.25, 0.3) is 5.91 Å². The molecule has 2 amide bonds. The van der Waals surface area contributed by atoms with E-state index in [2.05, 4.69) is 5.32 Å². The van der Waals surface area contributed by atoms with E-state index < -0.39 is 23.9 Å². The molecule has 1 aliphatic rings. The molecule has 0 aliphatic carbocycles. The fraction of sp³-hybridized carbons (Fsp3) is 0.846. The van der Waals surface area contributed by atoms with Gasteiger partial charge in [-0.1, -0.05) is 13.3 Å². The van der Waals surface area contributed by atoms with Crippen LogP contribution in [-0.2, 0) is 9.53 Å². The molecular formula is C13H23FN2O3. The second-order valence-electron chi connectivity index (χ2n) is 5.90. The van der Waals surface area contributed by atoms with E-state index in [0.717, 1.165) is 0 Å². The summed E-state index contributed by atoms with van der Waals surface area (Å²) >= 11 is 0. The molecule has 0 unspecified atom stereocenters. The smallest absolute Gasteiger partial charge is 0.408 e. The van der Waals surface area contributed by atoms with Crippen LogP contribution in [0, 0.1) is 0 Å². The largest absolute Gasteiger partial charge is 0.436 e. The van der Waals surface area contributed by atoms with Gasteiger partial charge in [-0.3, -0.25) is 4.79 Å². The highest BCUT2D eigenvalue weighted by atomic mass is 19.1. The Kier molecular flexibility index (Phi) is 5.14. The van der Waals surface area contributed by atoms with Crippen molar-refractivity contribution in [2.24, 2.45) is 0 Å². The highest BCUT2D eigenvalue weighted by Crippen LogP contribution is 2.16. The fourth-order valence-electron chi connectivity index (χ4n) is 1.77. The van der Waals surface area contributed by atoms with Crippen molar-refractivity contribution in [3.8, 4) is 0 Å². The van der Waals surface area contributed by atoms with Gasteiger partial charge in [-0.2, -0.15) is 0 Å². The number of likely N-dealkylation sites (tertiary alicyclic amines) is 1. The van der Waals surface area contributed by atoms with E-state index in [-0.39, 0.29) is 19.0 Å². The summed E-state index contributed by atoms with van der Waals surface area (Å²) in [6.07, 6.45) is -1.22. The lowest BCUT2D eigenvalue weighted by Gasteiger charge is -2.36. The van der Waals surface area contributed by atoms with E-state index >= 15 is 0 Å². The summed E-state index contributed by atoms with van der Waals surface area (Å²) in [6.45, 7) is 7.59. The summed E-state index contributed by atoms with van der Waals surface area (Å²) in [5.41, 5.74) is -0.419. The summed E-state index contributed by atoms with van der Waals surface area (Å²) in [5.74, 6) is -0.306. The number of nitrogens with one attached hydrogen (secondary N) is 1. The normalized spacial score (nSPS) is 17.6. The average Bonchev–Trinajstić information content (AvgIpc) is 2.20. The molecule has 1 atom stereocenters. The van der Waals surface area contributed by atoms with E-state index in [0.29, 0.717) is 12.8 Å². The molecule has 0 saturated carbocycles. The standard InChI is InChI=1S/C13H23FN2O3/c1-5-6-10(11(17)16-7-9(14)8-16)19-12(18)15-13(2,3)4/h9-10H,5-8H2,1-4H3,(H,15,18)/t10-/m1/s1. The first-order chi connectivity index (χ1) is 8.73. The summed E-state index contributed by atoms with van der Waals surface area (Å²) in [4.78, 5) is 25.1. The molecule has 0 bridgehead atoms. The second kappa shape index (κ2) is 6.21. The molecule has 1 fully saturated rings. The molecular weight excluding hydrogens is 251 g/mol. The quantitative estimate of drug-likeness (QED) is 0.851. The Labute approximate surface area is 113 Å². The lowest BCUT2D eigenvalue weighted by molar-refractivity contribution is -0.148. The van der Waals surface area contributed by atoms with Gasteiger partial charge in [0.2, 0.25) is 0 Å². The van der Waals surface area contributed by atoms with Gasteiger partial charge in [0.1, 0.15) is 6.17 Å². The van der Waals surface area contributed by atoms with Crippen LogP contribution in [0.25, 0.3) is 0 Å². The van der Waals surface area contributed by atoms with E-state index in [1.807, 2.05) is 27.7 Å². The number of nitrogens with zero attached hydrogens (tertiary/aromatic N) is 1. The van der Waals surface area contributed by atoms with E-state index in [1.54, 1.807) is 0 Å². The van der Waals surface area contributed by atoms with Crippen LogP contribution < -0.4 is 5.32 Å². The molecule has 110 valence electrons. The molecule has 0 spiro atoms. The average molecular weight is 274 g/mol. The van der Waals surface area contributed by atoms with Gasteiger partial charge < -0.3 is 15.0 Å². The number of carbonyl (C=O) groups excluding carboxylic acids is 2. The van der Waals surface area contributed by atoms with E-state index in [4.69, 9.17) is 4.74 Å². The zero-order valence-electron chi connectivity index (χ0n) is 12.0. The van der Waals surface area contributed by atoms with Gasteiger partial charge in [0.05, 0.1) is 13.1 Å². The first-order valence-corrected chi connectivity index (χ1v) is 6.64. The first-order valence-electron chi connectivity index (χ1n) is 6.64. The molecule has 1 rings (SSSR count). The van der Waals surface area contributed by atoms with Crippen molar-refractivity contribution >= 4 is 12.0 Å². The molecule has 1 saturated heterocycles. The Morgan fingerprint density at radius 1 is 1.42 bits per heavy atom. The Balaban J connectivity index is 2.52. The predicted molar refractivity (Wildman–Crippen MR) is 69.5 cm³/mol. The second-order valence-corrected chi connectivity index (χ2v) is 5.90. The van der Waals surface area contributed by atoms with Crippen molar-refractivity contribution in [3.05, 3.63) is 0 Å². The van der Waals surface area contributed by atoms with Gasteiger partial charge in [-0.15, -0.1) is 0 Å². The van der Waals surface area contributed by atoms with Gasteiger partial charge >= 0.3 is 6.09 Å². The van der Waals surface area contributed by atoms with Crippen LogP contribution in [0.4, 0.5) is 9.18 Å². The number of hydrogen-bond acceptors (Lipinski definition) is 3. The van der Waals surface area contributed by atoms with Crippen molar-refractivity contribution in [2.75, 3.05) is 13.1 Å². The van der Waals surface area contributed by atoms with Gasteiger partial charge in [0.15, 0.2) is 6.10 Å². The summed E-state index contributed by atoms with van der Waals surface area (Å²) < 4.78 is 17.9. The van der Waals surface area contributed by atoms with Crippen LogP contribution in [0.3, 0.4) is 0 Å². The zero-order valence-corrected chi connectivity index (χ0v) is 12.0. The number of halogens is 1.